The minimum atomic E-state index is -0.741. The molecular weight excluding hydrogens is 296 g/mol. The molecule has 0 aromatic carbocycles. The molecule has 0 heterocycles. The van der Waals surface area contributed by atoms with Crippen LogP contribution >= 0.6 is 0 Å². The van der Waals surface area contributed by atoms with Crippen LogP contribution in [0.15, 0.2) is 24.3 Å². The number of carboxylic acid groups (broad SMARTS) is 1. The van der Waals surface area contributed by atoms with E-state index in [2.05, 4.69) is 19.1 Å². The predicted molar refractivity (Wildman–Crippen MR) is 105 cm³/mol. The van der Waals surface area contributed by atoms with Crippen molar-refractivity contribution < 1.29 is 9.90 Å². The summed E-state index contributed by atoms with van der Waals surface area (Å²) >= 11 is 0. The molecule has 0 spiro atoms. The van der Waals surface area contributed by atoms with E-state index in [1.807, 2.05) is 6.08 Å². The summed E-state index contributed by atoms with van der Waals surface area (Å²) < 4.78 is 0. The molecule has 0 saturated carbocycles. The van der Waals surface area contributed by atoms with Crippen molar-refractivity contribution in [1.82, 2.24) is 0 Å². The molecule has 2 heteroatoms. The monoisotopic (exact) mass is 336 g/mol. The third-order valence-electron chi connectivity index (χ3n) is 4.34. The van der Waals surface area contributed by atoms with Crippen LogP contribution in [0.1, 0.15) is 110 Å². The molecule has 0 aliphatic rings. The largest absolute Gasteiger partial charge is 0.481 e. The van der Waals surface area contributed by atoms with Crippen LogP contribution in [0.5, 0.6) is 0 Å². The average molecular weight is 337 g/mol. The zero-order chi connectivity index (χ0) is 17.7. The quantitative estimate of drug-likeness (QED) is 0.208. The highest BCUT2D eigenvalue weighted by atomic mass is 16.4. The third-order valence-corrected chi connectivity index (χ3v) is 4.34. The first-order valence-electron chi connectivity index (χ1n) is 10.3. The van der Waals surface area contributed by atoms with E-state index in [-0.39, 0.29) is 6.42 Å². The highest BCUT2D eigenvalue weighted by molar-refractivity contribution is 5.68. The van der Waals surface area contributed by atoms with Crippen LogP contribution in [-0.4, -0.2) is 11.1 Å². The van der Waals surface area contributed by atoms with Gasteiger partial charge in [-0.1, -0.05) is 89.0 Å². The molecular formula is C22H40O2. The average Bonchev–Trinajstić information content (AvgIpc) is 2.56. The Kier molecular flexibility index (Phi) is 19.1. The van der Waals surface area contributed by atoms with Crippen molar-refractivity contribution in [2.24, 2.45) is 0 Å². The van der Waals surface area contributed by atoms with Gasteiger partial charge in [0, 0.05) is 0 Å². The van der Waals surface area contributed by atoms with E-state index in [1.165, 1.54) is 89.9 Å². The van der Waals surface area contributed by atoms with Gasteiger partial charge in [-0.15, -0.1) is 0 Å². The first-order chi connectivity index (χ1) is 11.8. The fourth-order valence-corrected chi connectivity index (χ4v) is 2.81. The standard InChI is InChI=1S/C22H40O2/c1-2-3-4-5-6-7-8-9-10-11-12-13-14-15-16-17-18-19-20-21-22(23)24/h6-7,19-20H,2-5,8-18,21H2,1H3,(H,23,24)/b7-6?,20-19-. The second-order valence-corrected chi connectivity index (χ2v) is 6.80. The summed E-state index contributed by atoms with van der Waals surface area (Å²) in [4.78, 5) is 10.3. The van der Waals surface area contributed by atoms with E-state index >= 15 is 0 Å². The van der Waals surface area contributed by atoms with Crippen molar-refractivity contribution in [1.29, 1.82) is 0 Å². The Bertz CT molecular complexity index is 318. The highest BCUT2D eigenvalue weighted by Gasteiger charge is 1.93. The lowest BCUT2D eigenvalue weighted by atomic mass is 10.1. The van der Waals surface area contributed by atoms with Gasteiger partial charge in [-0.2, -0.15) is 0 Å². The molecule has 0 atom stereocenters. The van der Waals surface area contributed by atoms with Crippen LogP contribution < -0.4 is 0 Å². The molecule has 0 unspecified atom stereocenters. The van der Waals surface area contributed by atoms with Crippen LogP contribution in [0.25, 0.3) is 0 Å². The lowest BCUT2D eigenvalue weighted by Crippen LogP contribution is -1.89. The zero-order valence-corrected chi connectivity index (χ0v) is 16.0. The second-order valence-electron chi connectivity index (χ2n) is 6.80. The van der Waals surface area contributed by atoms with E-state index in [1.54, 1.807) is 6.08 Å². The maximum absolute atomic E-state index is 10.3. The molecule has 0 rings (SSSR count). The predicted octanol–water partition coefficient (Wildman–Crippen LogP) is 7.44. The van der Waals surface area contributed by atoms with E-state index in [4.69, 9.17) is 5.11 Å². The van der Waals surface area contributed by atoms with Crippen molar-refractivity contribution in [3.05, 3.63) is 24.3 Å². The van der Waals surface area contributed by atoms with Gasteiger partial charge in [0.05, 0.1) is 6.42 Å². The molecule has 0 aliphatic heterocycles. The Morgan fingerprint density at radius 3 is 1.42 bits per heavy atom. The van der Waals surface area contributed by atoms with E-state index in [9.17, 15) is 4.79 Å². The van der Waals surface area contributed by atoms with E-state index < -0.39 is 5.97 Å². The second kappa shape index (κ2) is 20.0. The minimum Gasteiger partial charge on any atom is -0.481 e. The van der Waals surface area contributed by atoms with Gasteiger partial charge in [-0.25, -0.2) is 0 Å². The lowest BCUT2D eigenvalue weighted by molar-refractivity contribution is -0.136. The smallest absolute Gasteiger partial charge is 0.307 e. The number of allylic oxidation sites excluding steroid dienone is 3. The molecule has 0 aromatic heterocycles. The number of rotatable bonds is 18. The summed E-state index contributed by atoms with van der Waals surface area (Å²) in [5.41, 5.74) is 0. The van der Waals surface area contributed by atoms with Crippen LogP contribution in [-0.2, 0) is 4.79 Å². The first kappa shape index (κ1) is 22.9. The van der Waals surface area contributed by atoms with Gasteiger partial charge in [-0.3, -0.25) is 4.79 Å². The fourth-order valence-electron chi connectivity index (χ4n) is 2.81. The first-order valence-corrected chi connectivity index (χ1v) is 10.3. The fraction of sp³-hybridized carbons (Fsp3) is 0.773. The molecule has 1 N–H and O–H groups in total. The molecule has 0 aliphatic carbocycles. The topological polar surface area (TPSA) is 37.3 Å². The van der Waals surface area contributed by atoms with E-state index in [0.29, 0.717) is 0 Å². The summed E-state index contributed by atoms with van der Waals surface area (Å²) in [5, 5.41) is 8.50. The number of carboxylic acids is 1. The van der Waals surface area contributed by atoms with Gasteiger partial charge < -0.3 is 5.11 Å². The summed E-state index contributed by atoms with van der Waals surface area (Å²) in [5.74, 6) is -0.741. The Morgan fingerprint density at radius 2 is 1.00 bits per heavy atom. The summed E-state index contributed by atoms with van der Waals surface area (Å²) in [7, 11) is 0. The van der Waals surface area contributed by atoms with Gasteiger partial charge in [-0.05, 0) is 38.5 Å². The molecule has 0 bridgehead atoms. The number of hydrogen-bond donors (Lipinski definition) is 1. The molecule has 0 amide bonds. The third kappa shape index (κ3) is 20.9. The van der Waals surface area contributed by atoms with Crippen molar-refractivity contribution in [3.8, 4) is 0 Å². The Balaban J connectivity index is 3.10. The number of aliphatic carboxylic acids is 1. The Hall–Kier alpha value is -1.05. The molecule has 0 fully saturated rings. The molecule has 24 heavy (non-hydrogen) atoms. The van der Waals surface area contributed by atoms with Crippen LogP contribution in [0, 0.1) is 0 Å². The van der Waals surface area contributed by atoms with Crippen LogP contribution in [0.4, 0.5) is 0 Å². The molecule has 0 saturated heterocycles. The summed E-state index contributed by atoms with van der Waals surface area (Å²) in [6.45, 7) is 2.26. The van der Waals surface area contributed by atoms with Gasteiger partial charge in [0.2, 0.25) is 0 Å². The van der Waals surface area contributed by atoms with Crippen LogP contribution in [0.2, 0.25) is 0 Å². The Morgan fingerprint density at radius 1 is 0.625 bits per heavy atom. The van der Waals surface area contributed by atoms with Crippen molar-refractivity contribution in [2.75, 3.05) is 0 Å². The highest BCUT2D eigenvalue weighted by Crippen LogP contribution is 2.12. The minimum absolute atomic E-state index is 0.161. The maximum Gasteiger partial charge on any atom is 0.307 e. The van der Waals surface area contributed by atoms with Crippen molar-refractivity contribution in [3.63, 3.8) is 0 Å². The molecule has 140 valence electrons. The number of hydrogen-bond acceptors (Lipinski definition) is 1. The van der Waals surface area contributed by atoms with Gasteiger partial charge in [0.25, 0.3) is 0 Å². The number of carbonyl (C=O) groups is 1. The van der Waals surface area contributed by atoms with Crippen molar-refractivity contribution in [2.45, 2.75) is 110 Å². The molecule has 0 aromatic rings. The summed E-state index contributed by atoms with van der Waals surface area (Å²) in [6, 6.07) is 0. The van der Waals surface area contributed by atoms with Gasteiger partial charge in [0.15, 0.2) is 0 Å². The number of unbranched alkanes of at least 4 members (excludes halogenated alkanes) is 13. The maximum atomic E-state index is 10.3. The van der Waals surface area contributed by atoms with E-state index in [0.717, 1.165) is 6.42 Å². The zero-order valence-electron chi connectivity index (χ0n) is 16.0. The van der Waals surface area contributed by atoms with Crippen LogP contribution in [0.3, 0.4) is 0 Å². The Labute approximate surface area is 150 Å². The molecule has 0 radical (unpaired) electrons. The van der Waals surface area contributed by atoms with Crippen molar-refractivity contribution >= 4 is 5.97 Å². The normalized spacial score (nSPS) is 11.7. The molecule has 2 nitrogen and oxygen atoms in total. The summed E-state index contributed by atoms with van der Waals surface area (Å²) in [6.07, 6.45) is 28.3. The SMILES string of the molecule is CCCCCC=CCCCCCCCCCCC/C=C\CC(=O)O. The van der Waals surface area contributed by atoms with Gasteiger partial charge in [0.1, 0.15) is 0 Å². The lowest BCUT2D eigenvalue weighted by Gasteiger charge is -2.01. The van der Waals surface area contributed by atoms with Gasteiger partial charge >= 0.3 is 5.97 Å².